The number of likely N-dealkylation sites (tertiary alicyclic amines) is 1. The van der Waals surface area contributed by atoms with Crippen molar-refractivity contribution in [1.82, 2.24) is 20.1 Å². The van der Waals surface area contributed by atoms with Crippen molar-refractivity contribution < 1.29 is 14.3 Å². The molecule has 0 spiro atoms. The van der Waals surface area contributed by atoms with Crippen LogP contribution in [0.25, 0.3) is 22.0 Å². The summed E-state index contributed by atoms with van der Waals surface area (Å²) < 4.78 is 11.3. The maximum atomic E-state index is 12.8. The highest BCUT2D eigenvalue weighted by Gasteiger charge is 2.34. The summed E-state index contributed by atoms with van der Waals surface area (Å²) in [6.45, 7) is 8.54. The second-order valence-electron chi connectivity index (χ2n) is 11.5. The Morgan fingerprint density at radius 2 is 1.79 bits per heavy atom. The average Bonchev–Trinajstić information content (AvgIpc) is 3.37. The van der Waals surface area contributed by atoms with Gasteiger partial charge in [0, 0.05) is 48.7 Å². The van der Waals surface area contributed by atoms with Gasteiger partial charge in [0.25, 0.3) is 0 Å². The molecule has 0 radical (unpaired) electrons. The lowest BCUT2D eigenvalue weighted by atomic mass is 9.83. The molecule has 2 atom stereocenters. The number of fused-ring (bicyclic) bond motifs is 2. The Balaban J connectivity index is 1.02. The molecule has 39 heavy (non-hydrogen) atoms. The van der Waals surface area contributed by atoms with Crippen molar-refractivity contribution in [1.29, 1.82) is 0 Å². The highest BCUT2D eigenvalue weighted by Crippen LogP contribution is 2.33. The molecule has 6 rings (SSSR count). The molecule has 1 amide bonds. The zero-order chi connectivity index (χ0) is 26.6. The normalized spacial score (nSPS) is 22.9. The quantitative estimate of drug-likeness (QED) is 0.389. The molecular weight excluding hydrogens is 488 g/mol. The molecule has 0 saturated carbocycles. The number of hydrogen-bond acceptors (Lipinski definition) is 5. The lowest BCUT2D eigenvalue weighted by Gasteiger charge is -2.46. The lowest BCUT2D eigenvalue weighted by molar-refractivity contribution is 0.0353. The van der Waals surface area contributed by atoms with Gasteiger partial charge >= 0.3 is 6.09 Å². The first-order valence-corrected chi connectivity index (χ1v) is 15.0. The van der Waals surface area contributed by atoms with Crippen molar-refractivity contribution in [3.63, 3.8) is 0 Å². The highest BCUT2D eigenvalue weighted by atomic mass is 16.6. The molecule has 2 aromatic carbocycles. The van der Waals surface area contributed by atoms with Crippen LogP contribution >= 0.6 is 0 Å². The van der Waals surface area contributed by atoms with Crippen LogP contribution in [0.4, 0.5) is 4.79 Å². The number of carbonyl (C=O) groups excluding carboxylic acids is 1. The van der Waals surface area contributed by atoms with E-state index in [1.165, 1.54) is 51.7 Å². The molecule has 3 saturated heterocycles. The van der Waals surface area contributed by atoms with Gasteiger partial charge in [-0.1, -0.05) is 30.7 Å². The maximum absolute atomic E-state index is 12.8. The van der Waals surface area contributed by atoms with Gasteiger partial charge in [0.15, 0.2) is 0 Å². The lowest BCUT2D eigenvalue weighted by Crippen LogP contribution is -2.52. The van der Waals surface area contributed by atoms with E-state index in [-0.39, 0.29) is 12.1 Å². The predicted molar refractivity (Wildman–Crippen MR) is 155 cm³/mol. The Morgan fingerprint density at radius 1 is 0.974 bits per heavy atom. The second kappa shape index (κ2) is 12.0. The van der Waals surface area contributed by atoms with Crippen molar-refractivity contribution in [3.05, 3.63) is 48.5 Å². The summed E-state index contributed by atoms with van der Waals surface area (Å²) in [6, 6.07) is 17.1. The first-order valence-electron chi connectivity index (χ1n) is 15.0. The van der Waals surface area contributed by atoms with Crippen LogP contribution in [-0.2, 0) is 0 Å². The third-order valence-corrected chi connectivity index (χ3v) is 8.95. The largest absolute Gasteiger partial charge is 0.494 e. The predicted octanol–water partition coefficient (Wildman–Crippen LogP) is 6.05. The van der Waals surface area contributed by atoms with E-state index >= 15 is 0 Å². The van der Waals surface area contributed by atoms with Crippen LogP contribution in [0.15, 0.2) is 48.5 Å². The van der Waals surface area contributed by atoms with E-state index in [4.69, 9.17) is 9.47 Å². The number of piperidine rings is 3. The summed E-state index contributed by atoms with van der Waals surface area (Å²) in [5.74, 6) is 2.13. The number of carbonyl (C=O) groups is 1. The van der Waals surface area contributed by atoms with Crippen LogP contribution in [0.5, 0.6) is 11.6 Å². The average molecular weight is 531 g/mol. The molecule has 3 aliphatic heterocycles. The van der Waals surface area contributed by atoms with E-state index in [0.717, 1.165) is 65.7 Å². The van der Waals surface area contributed by atoms with Crippen LogP contribution in [0.3, 0.4) is 0 Å². The fourth-order valence-corrected chi connectivity index (χ4v) is 7.01. The van der Waals surface area contributed by atoms with Crippen molar-refractivity contribution in [3.8, 4) is 22.8 Å². The molecule has 0 bridgehead atoms. The fraction of sp³-hybridized carbons (Fsp3) is 0.531. The molecule has 0 aliphatic carbocycles. The third kappa shape index (κ3) is 6.10. The zero-order valence-corrected chi connectivity index (χ0v) is 23.2. The Bertz CT molecular complexity index is 1250. The number of aromatic nitrogens is 1. The van der Waals surface area contributed by atoms with Crippen LogP contribution in [0.2, 0.25) is 0 Å². The maximum Gasteiger partial charge on any atom is 0.414 e. The van der Waals surface area contributed by atoms with Crippen molar-refractivity contribution >= 4 is 17.0 Å². The molecule has 3 aromatic rings. The highest BCUT2D eigenvalue weighted by molar-refractivity contribution is 5.96. The van der Waals surface area contributed by atoms with Gasteiger partial charge in [-0.05, 0) is 93.8 Å². The summed E-state index contributed by atoms with van der Waals surface area (Å²) in [5.41, 5.74) is 3.12. The van der Waals surface area contributed by atoms with Crippen LogP contribution in [0.1, 0.15) is 51.9 Å². The number of amides is 1. The van der Waals surface area contributed by atoms with Gasteiger partial charge in [-0.3, -0.25) is 0 Å². The Labute approximate surface area is 231 Å². The van der Waals surface area contributed by atoms with Gasteiger partial charge in [0.05, 0.1) is 6.61 Å². The molecule has 7 nitrogen and oxygen atoms in total. The van der Waals surface area contributed by atoms with E-state index < -0.39 is 0 Å². The smallest absolute Gasteiger partial charge is 0.414 e. The SMILES string of the molecule is CCOc1ccc(-c2cccc3[nH]c(OC(=O)NC4CCN(C[C@@H]5CCCN6CCCC[C@H]56)CC4)cc23)cc1. The van der Waals surface area contributed by atoms with Crippen LogP contribution in [-0.4, -0.2) is 72.3 Å². The van der Waals surface area contributed by atoms with Crippen molar-refractivity contribution in [2.75, 3.05) is 39.3 Å². The van der Waals surface area contributed by atoms with Gasteiger partial charge in [-0.25, -0.2) is 4.79 Å². The summed E-state index contributed by atoms with van der Waals surface area (Å²) >= 11 is 0. The number of nitrogens with one attached hydrogen (secondary N) is 2. The van der Waals surface area contributed by atoms with Crippen LogP contribution in [0, 0.1) is 5.92 Å². The third-order valence-electron chi connectivity index (χ3n) is 8.95. The van der Waals surface area contributed by atoms with Crippen molar-refractivity contribution in [2.24, 2.45) is 5.92 Å². The Kier molecular flexibility index (Phi) is 8.07. The minimum Gasteiger partial charge on any atom is -0.494 e. The molecule has 3 aliphatic rings. The zero-order valence-electron chi connectivity index (χ0n) is 23.2. The van der Waals surface area contributed by atoms with Crippen molar-refractivity contribution in [2.45, 2.75) is 64.0 Å². The summed E-state index contributed by atoms with van der Waals surface area (Å²) in [5, 5.41) is 4.14. The Hall–Kier alpha value is -3.03. The topological polar surface area (TPSA) is 69.8 Å². The monoisotopic (exact) mass is 530 g/mol. The van der Waals surface area contributed by atoms with Gasteiger partial charge in [-0.15, -0.1) is 0 Å². The van der Waals surface area contributed by atoms with E-state index in [0.29, 0.717) is 12.5 Å². The standard InChI is InChI=1S/C32H42N4O3/c1-2-38-26-13-11-23(12-14-26)27-8-5-9-29-28(27)21-31(34-29)39-32(37)33-25-15-19-35(20-16-25)22-24-7-6-18-36-17-4-3-10-30(24)36/h5,8-9,11-14,21,24-25,30,34H,2-4,6-7,10,15-20,22H2,1H3,(H,33,37)/t24-,30+/m0/s1. The van der Waals surface area contributed by atoms with E-state index in [2.05, 4.69) is 38.3 Å². The number of benzene rings is 2. The summed E-state index contributed by atoms with van der Waals surface area (Å²) in [4.78, 5) is 21.4. The first kappa shape index (κ1) is 26.2. The molecule has 3 fully saturated rings. The van der Waals surface area contributed by atoms with Gasteiger partial charge < -0.3 is 29.6 Å². The molecular formula is C32H42N4O3. The summed E-state index contributed by atoms with van der Waals surface area (Å²) in [7, 11) is 0. The summed E-state index contributed by atoms with van der Waals surface area (Å²) in [6.07, 6.45) is 8.44. The number of H-pyrrole nitrogens is 1. The molecule has 0 unspecified atom stereocenters. The molecule has 208 valence electrons. The minimum atomic E-state index is -0.382. The molecule has 2 N–H and O–H groups in total. The molecule has 4 heterocycles. The van der Waals surface area contributed by atoms with E-state index in [9.17, 15) is 4.79 Å². The van der Waals surface area contributed by atoms with Gasteiger partial charge in [-0.2, -0.15) is 0 Å². The number of rotatable bonds is 7. The number of nitrogens with zero attached hydrogens (tertiary/aromatic N) is 2. The van der Waals surface area contributed by atoms with E-state index in [1.54, 1.807) is 0 Å². The van der Waals surface area contributed by atoms with Gasteiger partial charge in [0.1, 0.15) is 5.75 Å². The second-order valence-corrected chi connectivity index (χ2v) is 11.5. The van der Waals surface area contributed by atoms with Gasteiger partial charge in [0.2, 0.25) is 5.88 Å². The fourth-order valence-electron chi connectivity index (χ4n) is 7.01. The first-order chi connectivity index (χ1) is 19.2. The minimum absolute atomic E-state index is 0.162. The van der Waals surface area contributed by atoms with E-state index in [1.807, 2.05) is 37.3 Å². The molecule has 7 heteroatoms. The number of ether oxygens (including phenoxy) is 2. The van der Waals surface area contributed by atoms with Crippen LogP contribution < -0.4 is 14.8 Å². The molecule has 1 aromatic heterocycles. The Morgan fingerprint density at radius 3 is 2.62 bits per heavy atom. The number of aromatic amines is 1. The number of hydrogen-bond donors (Lipinski definition) is 2.